The molecule has 0 aliphatic carbocycles. The Labute approximate surface area is 209 Å². The van der Waals surface area contributed by atoms with E-state index in [1.165, 1.54) is 16.7 Å². The number of anilines is 1. The van der Waals surface area contributed by atoms with Gasteiger partial charge in [-0.3, -0.25) is 14.0 Å². The number of benzene rings is 2. The number of nitriles is 1. The third-order valence-corrected chi connectivity index (χ3v) is 5.60. The SMILES string of the molecule is Cc1cccc(Oc2nc3ccccn3c(=O)c2/C=C(/C#N)C(=O)Nc2cccc(C(F)(F)F)c2)c1C. The average molecular weight is 504 g/mol. The van der Waals surface area contributed by atoms with E-state index < -0.39 is 28.8 Å². The van der Waals surface area contributed by atoms with E-state index in [0.29, 0.717) is 5.75 Å². The van der Waals surface area contributed by atoms with Gasteiger partial charge in [0.05, 0.1) is 5.56 Å². The molecule has 0 atom stereocenters. The fourth-order valence-electron chi connectivity index (χ4n) is 3.49. The standard InChI is InChI=1S/C27H19F3N4O3/c1-16-7-5-10-22(17(16)2)37-25-21(26(36)34-12-4-3-11-23(34)33-25)13-18(15-31)24(35)32-20-9-6-8-19(14-20)27(28,29)30/h3-14H,1-2H3,(H,32,35)/b18-13-. The summed E-state index contributed by atoms with van der Waals surface area (Å²) >= 11 is 0. The summed E-state index contributed by atoms with van der Waals surface area (Å²) in [5.41, 5.74) is -0.434. The first-order valence-electron chi connectivity index (χ1n) is 10.9. The summed E-state index contributed by atoms with van der Waals surface area (Å²) in [6, 6.07) is 15.9. The van der Waals surface area contributed by atoms with E-state index in [4.69, 9.17) is 4.74 Å². The van der Waals surface area contributed by atoms with Crippen molar-refractivity contribution in [2.45, 2.75) is 20.0 Å². The number of nitrogens with zero attached hydrogens (tertiary/aromatic N) is 3. The summed E-state index contributed by atoms with van der Waals surface area (Å²) in [4.78, 5) is 30.5. The van der Waals surface area contributed by atoms with Crippen molar-refractivity contribution in [2.24, 2.45) is 0 Å². The van der Waals surface area contributed by atoms with E-state index in [0.717, 1.165) is 35.4 Å². The highest BCUT2D eigenvalue weighted by Gasteiger charge is 2.30. The minimum Gasteiger partial charge on any atom is -0.438 e. The van der Waals surface area contributed by atoms with Gasteiger partial charge in [0.15, 0.2) is 0 Å². The summed E-state index contributed by atoms with van der Waals surface area (Å²) in [5.74, 6) is -0.713. The Morgan fingerprint density at radius 2 is 1.86 bits per heavy atom. The number of hydrogen-bond acceptors (Lipinski definition) is 5. The van der Waals surface area contributed by atoms with Crippen molar-refractivity contribution in [3.8, 4) is 17.7 Å². The Hall–Kier alpha value is -4.91. The van der Waals surface area contributed by atoms with Crippen LogP contribution in [0.25, 0.3) is 11.7 Å². The number of amides is 1. The van der Waals surface area contributed by atoms with Gasteiger partial charge in [-0.05, 0) is 67.4 Å². The molecule has 0 radical (unpaired) electrons. The minimum atomic E-state index is -4.61. The molecule has 10 heteroatoms. The van der Waals surface area contributed by atoms with Crippen molar-refractivity contribution in [1.29, 1.82) is 5.26 Å². The quantitative estimate of drug-likeness (QED) is 0.279. The molecule has 186 valence electrons. The molecule has 2 aromatic heterocycles. The number of carbonyl (C=O) groups is 1. The third kappa shape index (κ3) is 5.36. The number of pyridine rings is 1. The molecule has 0 saturated heterocycles. The summed E-state index contributed by atoms with van der Waals surface area (Å²) in [6.07, 6.45) is -2.13. The number of hydrogen-bond donors (Lipinski definition) is 1. The first kappa shape index (κ1) is 25.2. The number of aryl methyl sites for hydroxylation is 1. The first-order valence-corrected chi connectivity index (χ1v) is 10.9. The van der Waals surface area contributed by atoms with Crippen LogP contribution in [0.2, 0.25) is 0 Å². The molecule has 4 rings (SSSR count). The number of fused-ring (bicyclic) bond motifs is 1. The van der Waals surface area contributed by atoms with Crippen LogP contribution in [0, 0.1) is 25.2 Å². The smallest absolute Gasteiger partial charge is 0.416 e. The van der Waals surface area contributed by atoms with Gasteiger partial charge in [0.2, 0.25) is 5.88 Å². The molecule has 2 heterocycles. The monoisotopic (exact) mass is 504 g/mol. The van der Waals surface area contributed by atoms with Gasteiger partial charge in [0, 0.05) is 11.9 Å². The van der Waals surface area contributed by atoms with Gasteiger partial charge in [-0.25, -0.2) is 0 Å². The largest absolute Gasteiger partial charge is 0.438 e. The van der Waals surface area contributed by atoms with Crippen LogP contribution in [-0.4, -0.2) is 15.3 Å². The lowest BCUT2D eigenvalue weighted by molar-refractivity contribution is -0.137. The van der Waals surface area contributed by atoms with Crippen molar-refractivity contribution >= 4 is 23.3 Å². The zero-order valence-electron chi connectivity index (χ0n) is 19.6. The normalized spacial score (nSPS) is 11.7. The lowest BCUT2D eigenvalue weighted by Gasteiger charge is -2.13. The number of ether oxygens (including phenoxy) is 1. The fourth-order valence-corrected chi connectivity index (χ4v) is 3.49. The molecule has 0 fully saturated rings. The number of rotatable bonds is 5. The van der Waals surface area contributed by atoms with E-state index in [9.17, 15) is 28.0 Å². The minimum absolute atomic E-state index is 0.135. The lowest BCUT2D eigenvalue weighted by atomic mass is 10.1. The van der Waals surface area contributed by atoms with E-state index in [1.54, 1.807) is 36.4 Å². The van der Waals surface area contributed by atoms with Crippen molar-refractivity contribution in [2.75, 3.05) is 5.32 Å². The molecule has 1 amide bonds. The van der Waals surface area contributed by atoms with Crippen LogP contribution in [0.15, 0.2) is 77.2 Å². The van der Waals surface area contributed by atoms with Crippen molar-refractivity contribution in [3.63, 3.8) is 0 Å². The Bertz CT molecular complexity index is 1650. The average Bonchev–Trinajstić information content (AvgIpc) is 2.86. The summed E-state index contributed by atoms with van der Waals surface area (Å²) < 4.78 is 46.3. The van der Waals surface area contributed by atoms with E-state index in [2.05, 4.69) is 10.3 Å². The molecule has 4 aromatic rings. The van der Waals surface area contributed by atoms with Gasteiger partial charge in [-0.1, -0.05) is 24.3 Å². The number of halogens is 3. The zero-order chi connectivity index (χ0) is 26.7. The van der Waals surface area contributed by atoms with Crippen LogP contribution in [0.5, 0.6) is 11.6 Å². The molecule has 0 aliphatic rings. The van der Waals surface area contributed by atoms with Crippen LogP contribution in [-0.2, 0) is 11.0 Å². The molecule has 2 aromatic carbocycles. The van der Waals surface area contributed by atoms with Crippen molar-refractivity contribution < 1.29 is 22.7 Å². The maximum atomic E-state index is 13.3. The Balaban J connectivity index is 1.79. The van der Waals surface area contributed by atoms with Crippen LogP contribution in [0.4, 0.5) is 18.9 Å². The molecule has 1 N–H and O–H groups in total. The molecular weight excluding hydrogens is 485 g/mol. The Morgan fingerprint density at radius 1 is 1.11 bits per heavy atom. The molecular formula is C27H19F3N4O3. The van der Waals surface area contributed by atoms with Gasteiger partial charge in [0.1, 0.15) is 28.6 Å². The van der Waals surface area contributed by atoms with E-state index in [-0.39, 0.29) is 22.8 Å². The number of alkyl halides is 3. The molecule has 37 heavy (non-hydrogen) atoms. The highest BCUT2D eigenvalue weighted by atomic mass is 19.4. The maximum Gasteiger partial charge on any atom is 0.416 e. The third-order valence-electron chi connectivity index (χ3n) is 5.60. The Morgan fingerprint density at radius 3 is 2.59 bits per heavy atom. The zero-order valence-corrected chi connectivity index (χ0v) is 19.6. The highest BCUT2D eigenvalue weighted by Crippen LogP contribution is 2.31. The van der Waals surface area contributed by atoms with Gasteiger partial charge in [-0.15, -0.1) is 0 Å². The predicted molar refractivity (Wildman–Crippen MR) is 131 cm³/mol. The molecule has 0 bridgehead atoms. The number of nitrogens with one attached hydrogen (secondary N) is 1. The molecule has 0 spiro atoms. The van der Waals surface area contributed by atoms with E-state index >= 15 is 0 Å². The van der Waals surface area contributed by atoms with Crippen molar-refractivity contribution in [1.82, 2.24) is 9.38 Å². The second-order valence-electron chi connectivity index (χ2n) is 8.07. The van der Waals surface area contributed by atoms with Gasteiger partial charge < -0.3 is 10.1 Å². The predicted octanol–water partition coefficient (Wildman–Crippen LogP) is 5.67. The first-order chi connectivity index (χ1) is 17.6. The van der Waals surface area contributed by atoms with Gasteiger partial charge in [-0.2, -0.15) is 23.4 Å². The fraction of sp³-hybridized carbons (Fsp3) is 0.111. The van der Waals surface area contributed by atoms with Crippen molar-refractivity contribution in [3.05, 3.63) is 105 Å². The maximum absolute atomic E-state index is 13.3. The molecule has 0 aliphatic heterocycles. The topological polar surface area (TPSA) is 96.5 Å². The van der Waals surface area contributed by atoms with Crippen LogP contribution >= 0.6 is 0 Å². The Kier molecular flexibility index (Phi) is 6.80. The lowest BCUT2D eigenvalue weighted by Crippen LogP contribution is -2.20. The number of carbonyl (C=O) groups excluding carboxylic acids is 1. The second kappa shape index (κ2) is 9.99. The van der Waals surface area contributed by atoms with Gasteiger partial charge >= 0.3 is 6.18 Å². The molecule has 0 unspecified atom stereocenters. The number of aromatic nitrogens is 2. The van der Waals surface area contributed by atoms with Crippen LogP contribution < -0.4 is 15.6 Å². The molecule has 7 nitrogen and oxygen atoms in total. The summed E-state index contributed by atoms with van der Waals surface area (Å²) in [5, 5.41) is 11.9. The van der Waals surface area contributed by atoms with Gasteiger partial charge in [0.25, 0.3) is 11.5 Å². The van der Waals surface area contributed by atoms with Crippen LogP contribution in [0.1, 0.15) is 22.3 Å². The summed E-state index contributed by atoms with van der Waals surface area (Å²) in [6.45, 7) is 3.72. The van der Waals surface area contributed by atoms with Crippen LogP contribution in [0.3, 0.4) is 0 Å². The summed E-state index contributed by atoms with van der Waals surface area (Å²) in [7, 11) is 0. The highest BCUT2D eigenvalue weighted by molar-refractivity contribution is 6.09. The second-order valence-corrected chi connectivity index (χ2v) is 8.07. The molecule has 0 saturated carbocycles. The van der Waals surface area contributed by atoms with E-state index in [1.807, 2.05) is 19.9 Å².